The Balaban J connectivity index is 2.12. The molecular weight excluding hydrogens is 248 g/mol. The van der Waals surface area contributed by atoms with E-state index in [-0.39, 0.29) is 11.0 Å². The number of nitrogens with zero attached hydrogens (tertiary/aromatic N) is 1. The number of hydrogen-bond acceptors (Lipinski definition) is 3. The van der Waals surface area contributed by atoms with Crippen molar-refractivity contribution in [3.8, 4) is 5.75 Å². The Labute approximate surface area is 123 Å². The zero-order chi connectivity index (χ0) is 15.0. The van der Waals surface area contributed by atoms with Crippen LogP contribution in [0, 0.1) is 5.41 Å². The third-order valence-electron chi connectivity index (χ3n) is 4.40. The summed E-state index contributed by atoms with van der Waals surface area (Å²) in [6.07, 6.45) is 0. The summed E-state index contributed by atoms with van der Waals surface area (Å²) in [7, 11) is 0. The van der Waals surface area contributed by atoms with Gasteiger partial charge in [-0.1, -0.05) is 32.9 Å². The van der Waals surface area contributed by atoms with Crippen LogP contribution in [0.5, 0.6) is 5.75 Å². The van der Waals surface area contributed by atoms with Crippen LogP contribution in [0.4, 0.5) is 0 Å². The standard InChI is InChI=1S/C17H28N2O/c1-16(2,3)15-11-19(17(4,5)12-18-15)10-13-6-8-14(20)9-7-13/h6-9,15,18,20H,10-12H2,1-5H3. The Morgan fingerprint density at radius 2 is 1.85 bits per heavy atom. The molecule has 0 aromatic heterocycles. The summed E-state index contributed by atoms with van der Waals surface area (Å²) >= 11 is 0. The number of aromatic hydroxyl groups is 1. The van der Waals surface area contributed by atoms with Crippen LogP contribution in [0.3, 0.4) is 0 Å². The van der Waals surface area contributed by atoms with Crippen molar-refractivity contribution in [3.05, 3.63) is 29.8 Å². The van der Waals surface area contributed by atoms with Gasteiger partial charge < -0.3 is 10.4 Å². The van der Waals surface area contributed by atoms with Gasteiger partial charge in [0.25, 0.3) is 0 Å². The van der Waals surface area contributed by atoms with E-state index in [1.165, 1.54) is 5.56 Å². The van der Waals surface area contributed by atoms with Gasteiger partial charge in [0.2, 0.25) is 0 Å². The largest absolute Gasteiger partial charge is 0.508 e. The van der Waals surface area contributed by atoms with E-state index in [2.05, 4.69) is 44.8 Å². The first-order chi connectivity index (χ1) is 9.18. The number of piperazine rings is 1. The van der Waals surface area contributed by atoms with Gasteiger partial charge in [0.15, 0.2) is 0 Å². The quantitative estimate of drug-likeness (QED) is 0.871. The van der Waals surface area contributed by atoms with Crippen molar-refractivity contribution >= 4 is 0 Å². The molecule has 0 spiro atoms. The van der Waals surface area contributed by atoms with Crippen LogP contribution in [-0.2, 0) is 6.54 Å². The number of phenolic OH excluding ortho intramolecular Hbond substituents is 1. The van der Waals surface area contributed by atoms with Gasteiger partial charge >= 0.3 is 0 Å². The van der Waals surface area contributed by atoms with E-state index in [9.17, 15) is 5.11 Å². The van der Waals surface area contributed by atoms with Crippen LogP contribution in [0.2, 0.25) is 0 Å². The molecule has 1 unspecified atom stereocenters. The van der Waals surface area contributed by atoms with Crippen LogP contribution in [0.25, 0.3) is 0 Å². The van der Waals surface area contributed by atoms with E-state index in [0.717, 1.165) is 19.6 Å². The highest BCUT2D eigenvalue weighted by molar-refractivity contribution is 5.26. The Bertz CT molecular complexity index is 445. The predicted octanol–water partition coefficient (Wildman–Crippen LogP) is 2.99. The zero-order valence-corrected chi connectivity index (χ0v) is 13.4. The van der Waals surface area contributed by atoms with Gasteiger partial charge in [-0.2, -0.15) is 0 Å². The van der Waals surface area contributed by atoms with Crippen LogP contribution >= 0.6 is 0 Å². The van der Waals surface area contributed by atoms with Crippen LogP contribution in [0.15, 0.2) is 24.3 Å². The van der Waals surface area contributed by atoms with E-state index < -0.39 is 0 Å². The van der Waals surface area contributed by atoms with Gasteiger partial charge in [-0.3, -0.25) is 4.90 Å². The lowest BCUT2D eigenvalue weighted by atomic mass is 9.82. The lowest BCUT2D eigenvalue weighted by Crippen LogP contribution is -2.64. The fourth-order valence-electron chi connectivity index (χ4n) is 2.70. The van der Waals surface area contributed by atoms with Crippen molar-refractivity contribution in [1.82, 2.24) is 10.2 Å². The second-order valence-corrected chi connectivity index (χ2v) is 7.66. The zero-order valence-electron chi connectivity index (χ0n) is 13.4. The number of hydrogen-bond donors (Lipinski definition) is 2. The van der Waals surface area contributed by atoms with Crippen molar-refractivity contribution in [2.24, 2.45) is 5.41 Å². The lowest BCUT2D eigenvalue weighted by molar-refractivity contribution is 0.0295. The molecule has 2 rings (SSSR count). The molecule has 3 nitrogen and oxygen atoms in total. The molecular formula is C17H28N2O. The molecule has 0 bridgehead atoms. The van der Waals surface area contributed by atoms with E-state index >= 15 is 0 Å². The Morgan fingerprint density at radius 3 is 2.40 bits per heavy atom. The lowest BCUT2D eigenvalue weighted by Gasteiger charge is -2.49. The van der Waals surface area contributed by atoms with Gasteiger partial charge in [0.05, 0.1) is 0 Å². The molecule has 1 aliphatic heterocycles. The molecule has 3 heteroatoms. The Kier molecular flexibility index (Phi) is 4.12. The fraction of sp³-hybridized carbons (Fsp3) is 0.647. The maximum Gasteiger partial charge on any atom is 0.115 e. The summed E-state index contributed by atoms with van der Waals surface area (Å²) in [5.74, 6) is 0.334. The van der Waals surface area contributed by atoms with Gasteiger partial charge in [-0.05, 0) is 37.0 Å². The van der Waals surface area contributed by atoms with Crippen LogP contribution < -0.4 is 5.32 Å². The summed E-state index contributed by atoms with van der Waals surface area (Å²) in [5.41, 5.74) is 1.68. The highest BCUT2D eigenvalue weighted by Gasteiger charge is 2.38. The summed E-state index contributed by atoms with van der Waals surface area (Å²) in [6, 6.07) is 8.07. The van der Waals surface area contributed by atoms with Crippen molar-refractivity contribution < 1.29 is 5.11 Å². The molecule has 0 radical (unpaired) electrons. The minimum Gasteiger partial charge on any atom is -0.508 e. The van der Waals surface area contributed by atoms with Gasteiger partial charge in [-0.15, -0.1) is 0 Å². The molecule has 0 aliphatic carbocycles. The first-order valence-corrected chi connectivity index (χ1v) is 7.45. The van der Waals surface area contributed by atoms with Gasteiger partial charge in [0, 0.05) is 31.2 Å². The maximum atomic E-state index is 9.39. The number of phenols is 1. The molecule has 1 saturated heterocycles. The molecule has 1 aromatic carbocycles. The van der Waals surface area contributed by atoms with Gasteiger partial charge in [0.1, 0.15) is 5.75 Å². The summed E-state index contributed by atoms with van der Waals surface area (Å²) in [5, 5.41) is 13.1. The minimum absolute atomic E-state index is 0.152. The van der Waals surface area contributed by atoms with Crippen molar-refractivity contribution in [2.75, 3.05) is 13.1 Å². The smallest absolute Gasteiger partial charge is 0.115 e. The number of nitrogens with one attached hydrogen (secondary N) is 1. The Hall–Kier alpha value is -1.06. The van der Waals surface area contributed by atoms with Crippen molar-refractivity contribution in [3.63, 3.8) is 0 Å². The summed E-state index contributed by atoms with van der Waals surface area (Å²) < 4.78 is 0. The average molecular weight is 276 g/mol. The summed E-state index contributed by atoms with van der Waals surface area (Å²) in [4.78, 5) is 2.55. The molecule has 1 heterocycles. The number of benzene rings is 1. The number of rotatable bonds is 2. The van der Waals surface area contributed by atoms with E-state index in [1.807, 2.05) is 12.1 Å². The normalized spacial score (nSPS) is 23.8. The fourth-order valence-corrected chi connectivity index (χ4v) is 2.70. The summed E-state index contributed by atoms with van der Waals surface area (Å²) in [6.45, 7) is 14.5. The molecule has 2 N–H and O–H groups in total. The SMILES string of the molecule is CC(C)(C)C1CN(Cc2ccc(O)cc2)C(C)(C)CN1. The van der Waals surface area contributed by atoms with Crippen LogP contribution in [0.1, 0.15) is 40.2 Å². The molecule has 0 amide bonds. The van der Waals surface area contributed by atoms with E-state index in [0.29, 0.717) is 11.8 Å². The highest BCUT2D eigenvalue weighted by atomic mass is 16.3. The molecule has 1 atom stereocenters. The van der Waals surface area contributed by atoms with Gasteiger partial charge in [-0.25, -0.2) is 0 Å². The molecule has 1 aliphatic rings. The molecule has 1 aromatic rings. The second kappa shape index (κ2) is 5.38. The molecule has 20 heavy (non-hydrogen) atoms. The van der Waals surface area contributed by atoms with Crippen molar-refractivity contribution in [2.45, 2.75) is 52.7 Å². The first kappa shape index (κ1) is 15.3. The Morgan fingerprint density at radius 1 is 1.25 bits per heavy atom. The van der Waals surface area contributed by atoms with E-state index in [1.54, 1.807) is 12.1 Å². The molecule has 0 saturated carbocycles. The minimum atomic E-state index is 0.152. The predicted molar refractivity (Wildman–Crippen MR) is 83.8 cm³/mol. The third kappa shape index (κ3) is 3.53. The third-order valence-corrected chi connectivity index (χ3v) is 4.40. The van der Waals surface area contributed by atoms with Crippen LogP contribution in [-0.4, -0.2) is 34.7 Å². The molecule has 112 valence electrons. The highest BCUT2D eigenvalue weighted by Crippen LogP contribution is 2.28. The maximum absolute atomic E-state index is 9.39. The first-order valence-electron chi connectivity index (χ1n) is 7.45. The topological polar surface area (TPSA) is 35.5 Å². The average Bonchev–Trinajstić information content (AvgIpc) is 2.33. The second-order valence-electron chi connectivity index (χ2n) is 7.66. The monoisotopic (exact) mass is 276 g/mol. The molecule has 1 fully saturated rings. The van der Waals surface area contributed by atoms with Crippen molar-refractivity contribution in [1.29, 1.82) is 0 Å². The van der Waals surface area contributed by atoms with E-state index in [4.69, 9.17) is 0 Å².